The largest absolute Gasteiger partial charge is 0.352 e. The van der Waals surface area contributed by atoms with Crippen LogP contribution in [0.15, 0.2) is 36.4 Å². The lowest BCUT2D eigenvalue weighted by molar-refractivity contribution is -0.118. The van der Waals surface area contributed by atoms with Gasteiger partial charge in [-0.25, -0.2) is 9.97 Å². The normalized spacial score (nSPS) is 14.8. The summed E-state index contributed by atoms with van der Waals surface area (Å²) < 4.78 is 0. The van der Waals surface area contributed by atoms with Crippen LogP contribution in [-0.4, -0.2) is 47.5 Å². The Kier molecular flexibility index (Phi) is 4.84. The SMILES string of the molecule is CCc1cc2c(N3CCN(C=O)CC3)nc(Cc3ccccc3)nc2s1. The number of thiophene rings is 1. The van der Waals surface area contributed by atoms with Gasteiger partial charge in [0.05, 0.1) is 5.39 Å². The smallest absolute Gasteiger partial charge is 0.209 e. The molecule has 0 spiro atoms. The highest BCUT2D eigenvalue weighted by atomic mass is 32.1. The molecule has 3 aromatic rings. The van der Waals surface area contributed by atoms with Crippen LogP contribution in [-0.2, 0) is 17.6 Å². The molecule has 0 unspecified atom stereocenters. The van der Waals surface area contributed by atoms with Crippen LogP contribution in [0.3, 0.4) is 0 Å². The maximum Gasteiger partial charge on any atom is 0.209 e. The van der Waals surface area contributed by atoms with E-state index >= 15 is 0 Å². The molecule has 2 aromatic heterocycles. The van der Waals surface area contributed by atoms with Gasteiger partial charge in [0.15, 0.2) is 0 Å². The van der Waals surface area contributed by atoms with Crippen LogP contribution >= 0.6 is 11.3 Å². The molecule has 3 heterocycles. The quantitative estimate of drug-likeness (QED) is 0.651. The summed E-state index contributed by atoms with van der Waals surface area (Å²) in [5.41, 5.74) is 1.22. The third-order valence-electron chi connectivity index (χ3n) is 4.79. The molecule has 1 aliphatic rings. The van der Waals surface area contributed by atoms with Crippen LogP contribution in [0.5, 0.6) is 0 Å². The highest BCUT2D eigenvalue weighted by Crippen LogP contribution is 2.32. The van der Waals surface area contributed by atoms with E-state index in [2.05, 4.69) is 30.0 Å². The van der Waals surface area contributed by atoms with Gasteiger partial charge in [-0.2, -0.15) is 0 Å². The molecular formula is C20H22N4OS. The first kappa shape index (κ1) is 17.0. The fourth-order valence-corrected chi connectivity index (χ4v) is 4.29. The molecule has 1 amide bonds. The number of aromatic nitrogens is 2. The van der Waals surface area contributed by atoms with Crippen molar-refractivity contribution < 1.29 is 4.79 Å². The lowest BCUT2D eigenvalue weighted by Crippen LogP contribution is -2.46. The Morgan fingerprint density at radius 2 is 1.88 bits per heavy atom. The number of rotatable bonds is 5. The van der Waals surface area contributed by atoms with Crippen molar-refractivity contribution in [2.45, 2.75) is 19.8 Å². The van der Waals surface area contributed by atoms with Crippen LogP contribution < -0.4 is 4.90 Å². The number of fused-ring (bicyclic) bond motifs is 1. The Morgan fingerprint density at radius 3 is 2.58 bits per heavy atom. The summed E-state index contributed by atoms with van der Waals surface area (Å²) in [4.78, 5) is 27.3. The van der Waals surface area contributed by atoms with Gasteiger partial charge in [-0.05, 0) is 18.1 Å². The average Bonchev–Trinajstić information content (AvgIpc) is 3.11. The second-order valence-corrected chi connectivity index (χ2v) is 7.65. The van der Waals surface area contributed by atoms with Crippen molar-refractivity contribution >= 4 is 33.8 Å². The summed E-state index contributed by atoms with van der Waals surface area (Å²) in [6.45, 7) is 5.28. The fraction of sp³-hybridized carbons (Fsp3) is 0.350. The van der Waals surface area contributed by atoms with Crippen molar-refractivity contribution in [3.8, 4) is 0 Å². The van der Waals surface area contributed by atoms with Crippen LogP contribution in [0.1, 0.15) is 23.2 Å². The average molecular weight is 366 g/mol. The molecule has 0 N–H and O–H groups in total. The number of benzene rings is 1. The molecule has 0 aliphatic carbocycles. The summed E-state index contributed by atoms with van der Waals surface area (Å²) in [7, 11) is 0. The van der Waals surface area contributed by atoms with Gasteiger partial charge in [-0.15, -0.1) is 11.3 Å². The maximum absolute atomic E-state index is 11.0. The predicted octanol–water partition coefficient (Wildman–Crippen LogP) is 3.12. The zero-order valence-electron chi connectivity index (χ0n) is 14.9. The molecule has 0 radical (unpaired) electrons. The number of piperazine rings is 1. The number of anilines is 1. The van der Waals surface area contributed by atoms with Gasteiger partial charge >= 0.3 is 0 Å². The first-order chi connectivity index (χ1) is 12.8. The zero-order valence-corrected chi connectivity index (χ0v) is 15.7. The van der Waals surface area contributed by atoms with Gasteiger partial charge in [0.2, 0.25) is 6.41 Å². The second kappa shape index (κ2) is 7.41. The second-order valence-electron chi connectivity index (χ2n) is 6.54. The Morgan fingerprint density at radius 1 is 1.12 bits per heavy atom. The molecule has 6 heteroatoms. The van der Waals surface area contributed by atoms with Crippen LogP contribution in [0.4, 0.5) is 5.82 Å². The highest BCUT2D eigenvalue weighted by Gasteiger charge is 2.21. The Labute approximate surface area is 157 Å². The molecule has 1 fully saturated rings. The van der Waals surface area contributed by atoms with E-state index in [1.165, 1.54) is 10.4 Å². The van der Waals surface area contributed by atoms with Gasteiger partial charge in [-0.3, -0.25) is 4.79 Å². The molecule has 0 atom stereocenters. The first-order valence-corrected chi connectivity index (χ1v) is 9.86. The van der Waals surface area contributed by atoms with Crippen molar-refractivity contribution in [1.82, 2.24) is 14.9 Å². The van der Waals surface area contributed by atoms with E-state index < -0.39 is 0 Å². The minimum Gasteiger partial charge on any atom is -0.352 e. The molecule has 1 saturated heterocycles. The van der Waals surface area contributed by atoms with Crippen molar-refractivity contribution in [3.63, 3.8) is 0 Å². The van der Waals surface area contributed by atoms with Crippen molar-refractivity contribution in [1.29, 1.82) is 0 Å². The maximum atomic E-state index is 11.0. The third-order valence-corrected chi connectivity index (χ3v) is 5.96. The third kappa shape index (κ3) is 3.42. The van der Waals surface area contributed by atoms with Gasteiger partial charge in [-0.1, -0.05) is 37.3 Å². The van der Waals surface area contributed by atoms with Crippen molar-refractivity contribution in [2.24, 2.45) is 0 Å². The number of carbonyl (C=O) groups excluding carboxylic acids is 1. The molecule has 0 saturated carbocycles. The molecule has 1 aromatic carbocycles. The molecule has 4 rings (SSSR count). The summed E-state index contributed by atoms with van der Waals surface area (Å²) in [6.07, 6.45) is 2.68. The Bertz CT molecular complexity index is 901. The number of hydrogen-bond donors (Lipinski definition) is 0. The number of nitrogens with zero attached hydrogens (tertiary/aromatic N) is 4. The van der Waals surface area contributed by atoms with E-state index in [0.29, 0.717) is 0 Å². The number of amides is 1. The summed E-state index contributed by atoms with van der Waals surface area (Å²) >= 11 is 1.76. The van der Waals surface area contributed by atoms with Crippen molar-refractivity contribution in [2.75, 3.05) is 31.1 Å². The highest BCUT2D eigenvalue weighted by molar-refractivity contribution is 7.18. The van der Waals surface area contributed by atoms with E-state index in [4.69, 9.17) is 9.97 Å². The fourth-order valence-electron chi connectivity index (χ4n) is 3.31. The molecule has 5 nitrogen and oxygen atoms in total. The lowest BCUT2D eigenvalue weighted by Gasteiger charge is -2.33. The molecule has 1 aliphatic heterocycles. The van der Waals surface area contributed by atoms with Crippen LogP contribution in [0.2, 0.25) is 0 Å². The lowest BCUT2D eigenvalue weighted by atomic mass is 10.1. The Balaban J connectivity index is 1.71. The van der Waals surface area contributed by atoms with Gasteiger partial charge in [0, 0.05) is 37.5 Å². The minimum atomic E-state index is 0.734. The van der Waals surface area contributed by atoms with Crippen LogP contribution in [0, 0.1) is 0 Å². The molecular weight excluding hydrogens is 344 g/mol. The molecule has 26 heavy (non-hydrogen) atoms. The number of aryl methyl sites for hydroxylation is 1. The zero-order chi connectivity index (χ0) is 17.9. The Hall–Kier alpha value is -2.47. The summed E-state index contributed by atoms with van der Waals surface area (Å²) in [6, 6.07) is 12.6. The summed E-state index contributed by atoms with van der Waals surface area (Å²) in [5, 5.41) is 1.14. The van der Waals surface area contributed by atoms with Gasteiger partial charge in [0.1, 0.15) is 16.5 Å². The monoisotopic (exact) mass is 366 g/mol. The first-order valence-electron chi connectivity index (χ1n) is 9.04. The van der Waals surface area contributed by atoms with Gasteiger partial charge in [0.25, 0.3) is 0 Å². The van der Waals surface area contributed by atoms with E-state index in [9.17, 15) is 4.79 Å². The molecule has 134 valence electrons. The standard InChI is InChI=1S/C20H22N4OS/c1-2-16-13-17-19(24-10-8-23(14-25)9-11-24)21-18(22-20(17)26-16)12-15-6-4-3-5-7-15/h3-7,13-14H,2,8-12H2,1H3. The molecule has 0 bridgehead atoms. The number of carbonyl (C=O) groups is 1. The van der Waals surface area contributed by atoms with E-state index in [-0.39, 0.29) is 0 Å². The number of hydrogen-bond acceptors (Lipinski definition) is 5. The van der Waals surface area contributed by atoms with Crippen molar-refractivity contribution in [3.05, 3.63) is 52.7 Å². The van der Waals surface area contributed by atoms with E-state index in [0.717, 1.165) is 67.3 Å². The van der Waals surface area contributed by atoms with E-state index in [1.54, 1.807) is 11.3 Å². The summed E-state index contributed by atoms with van der Waals surface area (Å²) in [5.74, 6) is 1.88. The van der Waals surface area contributed by atoms with Crippen LogP contribution in [0.25, 0.3) is 10.2 Å². The topological polar surface area (TPSA) is 49.3 Å². The van der Waals surface area contributed by atoms with E-state index in [1.807, 2.05) is 23.1 Å². The predicted molar refractivity (Wildman–Crippen MR) is 106 cm³/mol. The minimum absolute atomic E-state index is 0.734. The van der Waals surface area contributed by atoms with Gasteiger partial charge < -0.3 is 9.80 Å².